The van der Waals surface area contributed by atoms with Crippen LogP contribution in [0.5, 0.6) is 0 Å². The molecule has 1 aromatic rings. The molecule has 1 unspecified atom stereocenters. The Balaban J connectivity index is 2.33. The number of ether oxygens (including phenoxy) is 1. The molecule has 0 saturated carbocycles. The van der Waals surface area contributed by atoms with E-state index in [0.717, 1.165) is 30.3 Å². The fourth-order valence-corrected chi connectivity index (χ4v) is 2.40. The highest BCUT2D eigenvalue weighted by Gasteiger charge is 2.09. The number of hydrogen-bond donors (Lipinski definition) is 0. The molecule has 0 aliphatic rings. The van der Waals surface area contributed by atoms with Gasteiger partial charge in [-0.15, -0.1) is 22.9 Å². The van der Waals surface area contributed by atoms with Crippen LogP contribution in [0.4, 0.5) is 0 Å². The lowest BCUT2D eigenvalue weighted by atomic mass is 10.3. The van der Waals surface area contributed by atoms with E-state index in [4.69, 9.17) is 16.3 Å². The molecule has 0 amide bonds. The van der Waals surface area contributed by atoms with Crippen LogP contribution in [0, 0.1) is 0 Å². The molecule has 3 nitrogen and oxygen atoms in total. The Morgan fingerprint density at radius 1 is 1.62 bits per heavy atom. The summed E-state index contributed by atoms with van der Waals surface area (Å²) in [5, 5.41) is 3.19. The molecular weight excluding hydrogens is 244 g/mol. The van der Waals surface area contributed by atoms with E-state index in [0.29, 0.717) is 11.9 Å². The standard InChI is InChI=1S/C11H19ClN2OS/c1-9(7-15-3)14(2)5-4-11-13-10(6-12)8-16-11/h8-9H,4-7H2,1-3H3. The molecular formula is C11H19ClN2OS. The van der Waals surface area contributed by atoms with Crippen LogP contribution in [0.3, 0.4) is 0 Å². The third-order valence-electron chi connectivity index (χ3n) is 2.57. The van der Waals surface area contributed by atoms with Crippen molar-refractivity contribution in [2.45, 2.75) is 25.3 Å². The van der Waals surface area contributed by atoms with Gasteiger partial charge in [-0.2, -0.15) is 0 Å². The van der Waals surface area contributed by atoms with Gasteiger partial charge in [0.1, 0.15) is 0 Å². The number of alkyl halides is 1. The highest BCUT2D eigenvalue weighted by molar-refractivity contribution is 7.09. The zero-order chi connectivity index (χ0) is 12.0. The summed E-state index contributed by atoms with van der Waals surface area (Å²) in [5.41, 5.74) is 0.981. The van der Waals surface area contributed by atoms with E-state index in [-0.39, 0.29) is 0 Å². The molecule has 0 aliphatic heterocycles. The highest BCUT2D eigenvalue weighted by Crippen LogP contribution is 2.12. The van der Waals surface area contributed by atoms with Gasteiger partial charge in [0.15, 0.2) is 0 Å². The van der Waals surface area contributed by atoms with E-state index in [2.05, 4.69) is 23.9 Å². The molecule has 0 spiro atoms. The second-order valence-electron chi connectivity index (χ2n) is 3.90. The Hall–Kier alpha value is -0.160. The molecule has 0 aromatic carbocycles. The molecule has 0 fully saturated rings. The minimum atomic E-state index is 0.442. The van der Waals surface area contributed by atoms with Gasteiger partial charge in [0.05, 0.1) is 23.2 Å². The van der Waals surface area contributed by atoms with E-state index >= 15 is 0 Å². The van der Waals surface area contributed by atoms with E-state index in [1.54, 1.807) is 18.4 Å². The smallest absolute Gasteiger partial charge is 0.0941 e. The first-order valence-corrected chi connectivity index (χ1v) is 6.77. The molecule has 1 rings (SSSR count). The van der Waals surface area contributed by atoms with Gasteiger partial charge in [0, 0.05) is 31.5 Å². The van der Waals surface area contributed by atoms with Crippen LogP contribution >= 0.6 is 22.9 Å². The Morgan fingerprint density at radius 3 is 2.94 bits per heavy atom. The Labute approximate surface area is 106 Å². The monoisotopic (exact) mass is 262 g/mol. The molecule has 0 saturated heterocycles. The number of aromatic nitrogens is 1. The highest BCUT2D eigenvalue weighted by atomic mass is 35.5. The van der Waals surface area contributed by atoms with Gasteiger partial charge < -0.3 is 9.64 Å². The first-order chi connectivity index (χ1) is 7.67. The number of hydrogen-bond acceptors (Lipinski definition) is 4. The Kier molecular flexibility index (Phi) is 6.28. The van der Waals surface area contributed by atoms with E-state index < -0.39 is 0 Å². The predicted octanol–water partition coefficient (Wildman–Crippen LogP) is 2.39. The summed E-state index contributed by atoms with van der Waals surface area (Å²) in [4.78, 5) is 6.72. The summed E-state index contributed by atoms with van der Waals surface area (Å²) < 4.78 is 5.13. The third kappa shape index (κ3) is 4.37. The van der Waals surface area contributed by atoms with Gasteiger partial charge in [0.2, 0.25) is 0 Å². The fraction of sp³-hybridized carbons (Fsp3) is 0.727. The lowest BCUT2D eigenvalue weighted by Gasteiger charge is -2.23. The minimum absolute atomic E-state index is 0.442. The number of likely N-dealkylation sites (N-methyl/N-ethyl adjacent to an activating group) is 1. The van der Waals surface area contributed by atoms with Crippen LogP contribution in [-0.4, -0.2) is 43.2 Å². The van der Waals surface area contributed by atoms with Crippen molar-refractivity contribution >= 4 is 22.9 Å². The summed E-state index contributed by atoms with van der Waals surface area (Å²) in [6.07, 6.45) is 0.978. The van der Waals surface area contributed by atoms with Crippen LogP contribution in [-0.2, 0) is 17.0 Å². The first-order valence-electron chi connectivity index (χ1n) is 5.35. The Morgan fingerprint density at radius 2 is 2.38 bits per heavy atom. The maximum atomic E-state index is 5.71. The summed E-state index contributed by atoms with van der Waals surface area (Å²) in [6, 6.07) is 0.442. The molecule has 92 valence electrons. The zero-order valence-corrected chi connectivity index (χ0v) is 11.6. The average Bonchev–Trinajstić information content (AvgIpc) is 2.74. The maximum Gasteiger partial charge on any atom is 0.0941 e. The van der Waals surface area contributed by atoms with Gasteiger partial charge >= 0.3 is 0 Å². The van der Waals surface area contributed by atoms with Crippen LogP contribution in [0.25, 0.3) is 0 Å². The molecule has 1 atom stereocenters. The van der Waals surface area contributed by atoms with Gasteiger partial charge in [0.25, 0.3) is 0 Å². The molecule has 0 aliphatic carbocycles. The number of methoxy groups -OCH3 is 1. The summed E-state index contributed by atoms with van der Waals surface area (Å²) in [6.45, 7) is 3.93. The second-order valence-corrected chi connectivity index (χ2v) is 5.11. The van der Waals surface area contributed by atoms with Crippen LogP contribution in [0.2, 0.25) is 0 Å². The summed E-state index contributed by atoms with van der Waals surface area (Å²) in [5.74, 6) is 0.506. The third-order valence-corrected chi connectivity index (χ3v) is 3.81. The molecule has 1 heterocycles. The van der Waals surface area contributed by atoms with Crippen molar-refractivity contribution in [2.75, 3.05) is 27.3 Å². The van der Waals surface area contributed by atoms with E-state index in [9.17, 15) is 0 Å². The van der Waals surface area contributed by atoms with Crippen molar-refractivity contribution in [3.05, 3.63) is 16.1 Å². The zero-order valence-electron chi connectivity index (χ0n) is 10.1. The predicted molar refractivity (Wildman–Crippen MR) is 69.3 cm³/mol. The quantitative estimate of drug-likeness (QED) is 0.706. The van der Waals surface area contributed by atoms with Crippen molar-refractivity contribution in [3.63, 3.8) is 0 Å². The molecule has 5 heteroatoms. The minimum Gasteiger partial charge on any atom is -0.383 e. The summed E-state index contributed by atoms with van der Waals surface area (Å²) in [7, 11) is 3.84. The van der Waals surface area contributed by atoms with Crippen molar-refractivity contribution in [3.8, 4) is 0 Å². The maximum absolute atomic E-state index is 5.71. The number of halogens is 1. The topological polar surface area (TPSA) is 25.4 Å². The molecule has 16 heavy (non-hydrogen) atoms. The summed E-state index contributed by atoms with van der Waals surface area (Å²) >= 11 is 7.40. The number of thiazole rings is 1. The number of nitrogens with zero attached hydrogens (tertiary/aromatic N) is 2. The largest absolute Gasteiger partial charge is 0.383 e. The SMILES string of the molecule is COCC(C)N(C)CCc1nc(CCl)cs1. The lowest BCUT2D eigenvalue weighted by molar-refractivity contribution is 0.116. The first kappa shape index (κ1) is 13.9. The van der Waals surface area contributed by atoms with Crippen molar-refractivity contribution in [2.24, 2.45) is 0 Å². The van der Waals surface area contributed by atoms with Crippen LogP contribution in [0.1, 0.15) is 17.6 Å². The van der Waals surface area contributed by atoms with Crippen molar-refractivity contribution < 1.29 is 4.74 Å². The van der Waals surface area contributed by atoms with Crippen molar-refractivity contribution in [1.29, 1.82) is 0 Å². The molecule has 0 N–H and O–H groups in total. The van der Waals surface area contributed by atoms with E-state index in [1.165, 1.54) is 0 Å². The molecule has 1 aromatic heterocycles. The van der Waals surface area contributed by atoms with Gasteiger partial charge in [-0.05, 0) is 14.0 Å². The normalized spacial score (nSPS) is 13.3. The van der Waals surface area contributed by atoms with Gasteiger partial charge in [-0.3, -0.25) is 0 Å². The fourth-order valence-electron chi connectivity index (χ4n) is 1.39. The van der Waals surface area contributed by atoms with Crippen molar-refractivity contribution in [1.82, 2.24) is 9.88 Å². The van der Waals surface area contributed by atoms with Crippen LogP contribution < -0.4 is 0 Å². The Bertz CT molecular complexity index is 306. The molecule has 0 radical (unpaired) electrons. The second kappa shape index (κ2) is 7.22. The van der Waals surface area contributed by atoms with Crippen LogP contribution in [0.15, 0.2) is 5.38 Å². The molecule has 0 bridgehead atoms. The lowest BCUT2D eigenvalue weighted by Crippen LogP contribution is -2.34. The average molecular weight is 263 g/mol. The van der Waals surface area contributed by atoms with Gasteiger partial charge in [-0.1, -0.05) is 0 Å². The van der Waals surface area contributed by atoms with E-state index in [1.807, 2.05) is 5.38 Å². The van der Waals surface area contributed by atoms with Gasteiger partial charge in [-0.25, -0.2) is 4.98 Å². The number of rotatable bonds is 7.